The van der Waals surface area contributed by atoms with E-state index < -0.39 is 5.69 Å². The van der Waals surface area contributed by atoms with Crippen molar-refractivity contribution in [3.8, 4) is 0 Å². The predicted molar refractivity (Wildman–Crippen MR) is 61.8 cm³/mol. The van der Waals surface area contributed by atoms with Crippen LogP contribution in [0.1, 0.15) is 11.4 Å². The van der Waals surface area contributed by atoms with Gasteiger partial charge in [-0.2, -0.15) is 9.50 Å². The van der Waals surface area contributed by atoms with Crippen LogP contribution in [0.2, 0.25) is 0 Å². The number of benzene rings is 1. The van der Waals surface area contributed by atoms with E-state index in [1.807, 2.05) is 19.1 Å². The number of hydrogen-bond acceptors (Lipinski definition) is 4. The highest BCUT2D eigenvalue weighted by molar-refractivity contribution is 5.93. The molecule has 3 rings (SSSR count). The van der Waals surface area contributed by atoms with E-state index in [2.05, 4.69) is 15.1 Å². The lowest BCUT2D eigenvalue weighted by Crippen LogP contribution is -2.17. The molecule has 0 aliphatic heterocycles. The van der Waals surface area contributed by atoms with E-state index in [9.17, 15) is 4.79 Å². The maximum absolute atomic E-state index is 11.7. The monoisotopic (exact) mass is 230 g/mol. The van der Waals surface area contributed by atoms with Crippen LogP contribution in [0.5, 0.6) is 0 Å². The SMILES string of the molecule is Cc1cccc2nc(=O)n3nc(CO)[nH]c3c12. The van der Waals surface area contributed by atoms with Crippen molar-refractivity contribution in [2.75, 3.05) is 0 Å². The molecule has 0 aliphatic rings. The zero-order valence-corrected chi connectivity index (χ0v) is 9.14. The second kappa shape index (κ2) is 3.39. The molecule has 6 heteroatoms. The molecule has 0 amide bonds. The number of aryl methyl sites for hydroxylation is 1. The summed E-state index contributed by atoms with van der Waals surface area (Å²) < 4.78 is 1.18. The van der Waals surface area contributed by atoms with E-state index in [-0.39, 0.29) is 6.61 Å². The summed E-state index contributed by atoms with van der Waals surface area (Å²) in [6.07, 6.45) is 0. The van der Waals surface area contributed by atoms with Crippen LogP contribution in [-0.2, 0) is 6.61 Å². The first-order valence-corrected chi connectivity index (χ1v) is 5.19. The van der Waals surface area contributed by atoms with Crippen LogP contribution in [0.4, 0.5) is 0 Å². The van der Waals surface area contributed by atoms with E-state index in [0.29, 0.717) is 17.0 Å². The first-order valence-electron chi connectivity index (χ1n) is 5.19. The van der Waals surface area contributed by atoms with Gasteiger partial charge in [0.25, 0.3) is 0 Å². The molecule has 2 aromatic heterocycles. The maximum atomic E-state index is 11.7. The topological polar surface area (TPSA) is 83.3 Å². The number of nitrogens with one attached hydrogen (secondary N) is 1. The summed E-state index contributed by atoms with van der Waals surface area (Å²) in [6, 6.07) is 5.57. The molecule has 86 valence electrons. The van der Waals surface area contributed by atoms with Crippen LogP contribution in [0.3, 0.4) is 0 Å². The molecule has 0 saturated carbocycles. The number of aliphatic hydroxyl groups excluding tert-OH is 1. The van der Waals surface area contributed by atoms with Crippen molar-refractivity contribution in [3.63, 3.8) is 0 Å². The van der Waals surface area contributed by atoms with E-state index in [0.717, 1.165) is 10.9 Å². The van der Waals surface area contributed by atoms with Gasteiger partial charge in [-0.25, -0.2) is 4.79 Å². The zero-order chi connectivity index (χ0) is 12.0. The number of fused-ring (bicyclic) bond motifs is 3. The molecule has 0 bridgehead atoms. The van der Waals surface area contributed by atoms with Gasteiger partial charge in [0, 0.05) is 5.39 Å². The number of aromatic nitrogens is 4. The fraction of sp³-hybridized carbons (Fsp3) is 0.182. The van der Waals surface area contributed by atoms with Crippen LogP contribution in [0.25, 0.3) is 16.6 Å². The Balaban J connectivity index is 2.61. The quantitative estimate of drug-likeness (QED) is 0.632. The number of aromatic amines is 1. The fourth-order valence-electron chi connectivity index (χ4n) is 1.97. The lowest BCUT2D eigenvalue weighted by molar-refractivity contribution is 0.271. The molecule has 0 radical (unpaired) electrons. The molecule has 0 saturated heterocycles. The number of rotatable bonds is 1. The second-order valence-corrected chi connectivity index (χ2v) is 3.85. The van der Waals surface area contributed by atoms with E-state index in [1.165, 1.54) is 4.52 Å². The Kier molecular flexibility index (Phi) is 1.99. The van der Waals surface area contributed by atoms with Crippen molar-refractivity contribution in [2.24, 2.45) is 0 Å². The Bertz CT molecular complexity index is 772. The number of nitrogens with zero attached hydrogens (tertiary/aromatic N) is 3. The average Bonchev–Trinajstić information content (AvgIpc) is 2.73. The fourth-order valence-corrected chi connectivity index (χ4v) is 1.97. The van der Waals surface area contributed by atoms with Gasteiger partial charge in [-0.05, 0) is 18.6 Å². The average molecular weight is 230 g/mol. The Morgan fingerprint density at radius 2 is 2.29 bits per heavy atom. The lowest BCUT2D eigenvalue weighted by atomic mass is 10.1. The minimum Gasteiger partial charge on any atom is -0.388 e. The van der Waals surface area contributed by atoms with Crippen molar-refractivity contribution in [1.29, 1.82) is 0 Å². The highest BCUT2D eigenvalue weighted by Gasteiger charge is 2.11. The molecule has 1 aromatic carbocycles. The summed E-state index contributed by atoms with van der Waals surface area (Å²) in [5.74, 6) is 0.347. The first kappa shape index (κ1) is 9.98. The third-order valence-electron chi connectivity index (χ3n) is 2.73. The van der Waals surface area contributed by atoms with Crippen molar-refractivity contribution in [3.05, 3.63) is 40.1 Å². The van der Waals surface area contributed by atoms with Gasteiger partial charge in [-0.1, -0.05) is 12.1 Å². The minimum atomic E-state index is -0.450. The van der Waals surface area contributed by atoms with Crippen LogP contribution in [-0.4, -0.2) is 24.7 Å². The number of H-pyrrole nitrogens is 1. The number of hydrogen-bond donors (Lipinski definition) is 2. The first-order chi connectivity index (χ1) is 8.20. The van der Waals surface area contributed by atoms with Gasteiger partial charge >= 0.3 is 5.69 Å². The molecular formula is C11H10N4O2. The van der Waals surface area contributed by atoms with Crippen molar-refractivity contribution >= 4 is 16.6 Å². The highest BCUT2D eigenvalue weighted by atomic mass is 16.3. The van der Waals surface area contributed by atoms with E-state index >= 15 is 0 Å². The molecular weight excluding hydrogens is 220 g/mol. The van der Waals surface area contributed by atoms with Crippen LogP contribution >= 0.6 is 0 Å². The van der Waals surface area contributed by atoms with Gasteiger partial charge in [-0.3, -0.25) is 0 Å². The van der Waals surface area contributed by atoms with Crippen molar-refractivity contribution in [2.45, 2.75) is 13.5 Å². The normalized spacial score (nSPS) is 11.4. The van der Waals surface area contributed by atoms with Crippen molar-refractivity contribution in [1.82, 2.24) is 19.6 Å². The highest BCUT2D eigenvalue weighted by Crippen LogP contribution is 2.18. The smallest absolute Gasteiger partial charge is 0.370 e. The zero-order valence-electron chi connectivity index (χ0n) is 9.14. The Morgan fingerprint density at radius 1 is 1.47 bits per heavy atom. The van der Waals surface area contributed by atoms with Crippen LogP contribution < -0.4 is 5.69 Å². The van der Waals surface area contributed by atoms with Crippen molar-refractivity contribution < 1.29 is 5.11 Å². The largest absolute Gasteiger partial charge is 0.388 e. The summed E-state index contributed by atoms with van der Waals surface area (Å²) in [6.45, 7) is 1.70. The molecule has 3 aromatic rings. The molecule has 0 unspecified atom stereocenters. The summed E-state index contributed by atoms with van der Waals surface area (Å²) in [4.78, 5) is 18.6. The van der Waals surface area contributed by atoms with Crippen LogP contribution in [0, 0.1) is 6.92 Å². The molecule has 0 fully saturated rings. The van der Waals surface area contributed by atoms with Gasteiger partial charge in [0.15, 0.2) is 5.82 Å². The Labute approximate surface area is 95.5 Å². The number of aliphatic hydroxyl groups is 1. The van der Waals surface area contributed by atoms with Gasteiger partial charge in [-0.15, -0.1) is 5.10 Å². The van der Waals surface area contributed by atoms with Crippen LogP contribution in [0.15, 0.2) is 23.0 Å². The minimum absolute atomic E-state index is 0.242. The third-order valence-corrected chi connectivity index (χ3v) is 2.73. The van der Waals surface area contributed by atoms with Gasteiger partial charge in [0.2, 0.25) is 0 Å². The molecule has 0 spiro atoms. The molecule has 0 atom stereocenters. The second-order valence-electron chi connectivity index (χ2n) is 3.85. The Morgan fingerprint density at radius 3 is 3.06 bits per heavy atom. The molecule has 2 N–H and O–H groups in total. The maximum Gasteiger partial charge on any atom is 0.370 e. The predicted octanol–water partition coefficient (Wildman–Crippen LogP) is 0.372. The molecule has 0 aliphatic carbocycles. The third kappa shape index (κ3) is 1.34. The molecule has 2 heterocycles. The van der Waals surface area contributed by atoms with E-state index in [1.54, 1.807) is 6.07 Å². The summed E-state index contributed by atoms with van der Waals surface area (Å²) in [5, 5.41) is 13.8. The summed E-state index contributed by atoms with van der Waals surface area (Å²) >= 11 is 0. The Hall–Kier alpha value is -2.21. The molecule has 6 nitrogen and oxygen atoms in total. The summed E-state index contributed by atoms with van der Waals surface area (Å²) in [5.41, 5.74) is 1.75. The van der Waals surface area contributed by atoms with Gasteiger partial charge < -0.3 is 10.1 Å². The summed E-state index contributed by atoms with van der Waals surface area (Å²) in [7, 11) is 0. The van der Waals surface area contributed by atoms with Gasteiger partial charge in [0.1, 0.15) is 12.3 Å². The molecule has 17 heavy (non-hydrogen) atoms. The van der Waals surface area contributed by atoms with Gasteiger partial charge in [0.05, 0.1) is 5.52 Å². The van der Waals surface area contributed by atoms with E-state index in [4.69, 9.17) is 5.11 Å². The lowest BCUT2D eigenvalue weighted by Gasteiger charge is -2.01. The standard InChI is InChI=1S/C11H10N4O2/c1-6-3-2-4-7-9(6)10-13-8(5-16)14-15(10)11(17)12-7/h2-4,16H,5H2,1H3,(H,13,14).